The Bertz CT molecular complexity index is 795. The highest BCUT2D eigenvalue weighted by Gasteiger charge is 2.26. The molecule has 0 aliphatic carbocycles. The number of hydrogen-bond acceptors (Lipinski definition) is 7. The van der Waals surface area contributed by atoms with Gasteiger partial charge in [0.1, 0.15) is 0 Å². The van der Waals surface area contributed by atoms with Crippen LogP contribution in [-0.4, -0.2) is 63.0 Å². The van der Waals surface area contributed by atoms with Crippen LogP contribution in [0.1, 0.15) is 58.4 Å². The first-order valence-corrected chi connectivity index (χ1v) is 12.9. The van der Waals surface area contributed by atoms with E-state index in [9.17, 15) is 14.7 Å². The summed E-state index contributed by atoms with van der Waals surface area (Å²) < 4.78 is 16.4. The molecule has 0 aliphatic heterocycles. The Kier molecular flexibility index (Phi) is 18.0. The van der Waals surface area contributed by atoms with Crippen molar-refractivity contribution in [3.8, 4) is 11.5 Å². The van der Waals surface area contributed by atoms with E-state index in [1.165, 1.54) is 0 Å². The summed E-state index contributed by atoms with van der Waals surface area (Å²) in [6, 6.07) is 5.50. The molecule has 10 heteroatoms. The fraction of sp³-hybridized carbons (Fsp3) is 0.704. The minimum absolute atomic E-state index is 0. The molecule has 0 aliphatic rings. The molecule has 0 aromatic heterocycles. The zero-order valence-electron chi connectivity index (χ0n) is 23.0. The Balaban J connectivity index is 0.0000130. The second-order valence-electron chi connectivity index (χ2n) is 9.85. The fourth-order valence-corrected chi connectivity index (χ4v) is 4.04. The highest BCUT2D eigenvalue weighted by molar-refractivity contribution is 5.85. The standard InChI is InChI=1S/C27H47N3O6.ClH/c1-18(2)21(15-20-9-10-24(35-5)25(16-20)36-13-7-12-34-4)17-22(28)23(31)14-19(3)27(33)30-11-6-8-26(29)32;/h9-10,16,18-19,21-23,31H,6-8,11-15,17,28H2,1-5H3,(H2,29,32)(H,30,33);1H/t19-,21+,22+,23+;/m1./s1. The molecule has 0 spiro atoms. The van der Waals surface area contributed by atoms with Crippen molar-refractivity contribution < 1.29 is 28.9 Å². The van der Waals surface area contributed by atoms with E-state index in [-0.39, 0.29) is 43.0 Å². The van der Waals surface area contributed by atoms with Gasteiger partial charge in [-0.05, 0) is 55.2 Å². The predicted molar refractivity (Wildman–Crippen MR) is 148 cm³/mol. The summed E-state index contributed by atoms with van der Waals surface area (Å²) >= 11 is 0. The molecule has 6 N–H and O–H groups in total. The van der Waals surface area contributed by atoms with Crippen molar-refractivity contribution in [2.75, 3.05) is 34.0 Å². The van der Waals surface area contributed by atoms with E-state index in [4.69, 9.17) is 25.7 Å². The number of carbonyl (C=O) groups is 2. The van der Waals surface area contributed by atoms with Crippen molar-refractivity contribution in [2.45, 2.75) is 71.4 Å². The van der Waals surface area contributed by atoms with Crippen LogP contribution >= 0.6 is 12.4 Å². The normalized spacial score (nSPS) is 14.3. The van der Waals surface area contributed by atoms with Gasteiger partial charge in [0.25, 0.3) is 0 Å². The average molecular weight is 546 g/mol. The van der Waals surface area contributed by atoms with Gasteiger partial charge in [0.2, 0.25) is 11.8 Å². The van der Waals surface area contributed by atoms with E-state index in [1.54, 1.807) is 21.1 Å². The number of methoxy groups -OCH3 is 2. The van der Waals surface area contributed by atoms with Gasteiger partial charge >= 0.3 is 0 Å². The minimum Gasteiger partial charge on any atom is -0.493 e. The highest BCUT2D eigenvalue weighted by atomic mass is 35.5. The number of rotatable bonds is 19. The maximum Gasteiger partial charge on any atom is 0.222 e. The summed E-state index contributed by atoms with van der Waals surface area (Å²) in [4.78, 5) is 23.1. The van der Waals surface area contributed by atoms with Gasteiger partial charge in [-0.25, -0.2) is 0 Å². The minimum atomic E-state index is -0.798. The number of ether oxygens (including phenoxy) is 3. The van der Waals surface area contributed by atoms with Crippen LogP contribution in [0.15, 0.2) is 18.2 Å². The molecule has 2 amide bonds. The number of aliphatic hydroxyl groups excluding tert-OH is 1. The van der Waals surface area contributed by atoms with Crippen molar-refractivity contribution in [2.24, 2.45) is 29.2 Å². The van der Waals surface area contributed by atoms with Crippen LogP contribution in [0.2, 0.25) is 0 Å². The van der Waals surface area contributed by atoms with E-state index in [1.807, 2.05) is 18.2 Å². The van der Waals surface area contributed by atoms with Crippen LogP contribution < -0.4 is 26.3 Å². The summed E-state index contributed by atoms with van der Waals surface area (Å²) in [6.07, 6.45) is 2.40. The molecule has 9 nitrogen and oxygen atoms in total. The molecule has 0 saturated heterocycles. The topological polar surface area (TPSA) is 146 Å². The molecule has 214 valence electrons. The third kappa shape index (κ3) is 13.9. The first kappa shape index (κ1) is 34.9. The van der Waals surface area contributed by atoms with Gasteiger partial charge in [0.05, 0.1) is 19.8 Å². The number of nitrogens with one attached hydrogen (secondary N) is 1. The summed E-state index contributed by atoms with van der Waals surface area (Å²) in [7, 11) is 3.29. The molecule has 37 heavy (non-hydrogen) atoms. The van der Waals surface area contributed by atoms with Crippen LogP contribution in [0.25, 0.3) is 0 Å². The van der Waals surface area contributed by atoms with Crippen molar-refractivity contribution in [3.63, 3.8) is 0 Å². The molecule has 0 unspecified atom stereocenters. The molecule has 0 saturated carbocycles. The van der Waals surface area contributed by atoms with Crippen molar-refractivity contribution in [3.05, 3.63) is 23.8 Å². The number of aliphatic hydroxyl groups is 1. The molecule has 1 rings (SSSR count). The highest BCUT2D eigenvalue weighted by Crippen LogP contribution is 2.31. The molecule has 0 bridgehead atoms. The van der Waals surface area contributed by atoms with Crippen LogP contribution in [0.4, 0.5) is 0 Å². The van der Waals surface area contributed by atoms with Gasteiger partial charge in [0.15, 0.2) is 11.5 Å². The smallest absolute Gasteiger partial charge is 0.222 e. The number of hydrogen-bond donors (Lipinski definition) is 4. The number of primary amides is 1. The molecule has 0 fully saturated rings. The summed E-state index contributed by atoms with van der Waals surface area (Å²) in [5, 5.41) is 13.5. The second-order valence-corrected chi connectivity index (χ2v) is 9.85. The maximum absolute atomic E-state index is 12.3. The van der Waals surface area contributed by atoms with Gasteiger partial charge in [-0.3, -0.25) is 9.59 Å². The second kappa shape index (κ2) is 19.1. The third-order valence-electron chi connectivity index (χ3n) is 6.43. The monoisotopic (exact) mass is 545 g/mol. The number of benzene rings is 1. The Morgan fingerprint density at radius 2 is 1.76 bits per heavy atom. The Morgan fingerprint density at radius 3 is 2.35 bits per heavy atom. The van der Waals surface area contributed by atoms with Gasteiger partial charge in [-0.2, -0.15) is 0 Å². The lowest BCUT2D eigenvalue weighted by Crippen LogP contribution is -2.41. The SMILES string of the molecule is COCCCOc1cc(C[C@@H](C[C@H](N)[C@@H](O)C[C@@H](C)C(=O)NCCCC(N)=O)C(C)C)ccc1OC.Cl. The average Bonchev–Trinajstić information content (AvgIpc) is 2.83. The van der Waals surface area contributed by atoms with Gasteiger partial charge in [-0.15, -0.1) is 12.4 Å². The quantitative estimate of drug-likeness (QED) is 0.195. The number of amides is 2. The molecule has 0 radical (unpaired) electrons. The lowest BCUT2D eigenvalue weighted by Gasteiger charge is -2.28. The fourth-order valence-electron chi connectivity index (χ4n) is 4.04. The van der Waals surface area contributed by atoms with Crippen molar-refractivity contribution >= 4 is 24.2 Å². The molecular formula is C27H48ClN3O6. The summed E-state index contributed by atoms with van der Waals surface area (Å²) in [6.45, 7) is 7.62. The maximum atomic E-state index is 12.3. The van der Waals surface area contributed by atoms with Crippen molar-refractivity contribution in [1.29, 1.82) is 0 Å². The van der Waals surface area contributed by atoms with Crippen molar-refractivity contribution in [1.82, 2.24) is 5.32 Å². The van der Waals surface area contributed by atoms with Crippen LogP contribution in [-0.2, 0) is 20.7 Å². The van der Waals surface area contributed by atoms with Gasteiger partial charge in [-0.1, -0.05) is 26.8 Å². The summed E-state index contributed by atoms with van der Waals surface area (Å²) in [5.74, 6) is 1.03. The number of halogens is 1. The Labute approximate surface area is 228 Å². The zero-order valence-corrected chi connectivity index (χ0v) is 23.9. The largest absolute Gasteiger partial charge is 0.493 e. The van der Waals surface area contributed by atoms with E-state index < -0.39 is 18.1 Å². The Morgan fingerprint density at radius 1 is 1.05 bits per heavy atom. The van der Waals surface area contributed by atoms with Gasteiger partial charge < -0.3 is 36.1 Å². The van der Waals surface area contributed by atoms with E-state index in [0.717, 1.165) is 18.4 Å². The van der Waals surface area contributed by atoms with E-state index in [0.29, 0.717) is 50.0 Å². The van der Waals surface area contributed by atoms with E-state index >= 15 is 0 Å². The Hall–Kier alpha value is -2.07. The molecule has 1 aromatic carbocycles. The van der Waals surface area contributed by atoms with Crippen LogP contribution in [0.5, 0.6) is 11.5 Å². The van der Waals surface area contributed by atoms with E-state index in [2.05, 4.69) is 19.2 Å². The number of carbonyl (C=O) groups excluding carboxylic acids is 2. The predicted octanol–water partition coefficient (Wildman–Crippen LogP) is 2.83. The zero-order chi connectivity index (χ0) is 27.1. The first-order valence-electron chi connectivity index (χ1n) is 12.9. The lowest BCUT2D eigenvalue weighted by atomic mass is 9.82. The molecule has 0 heterocycles. The number of nitrogens with two attached hydrogens (primary N) is 2. The van der Waals surface area contributed by atoms with Crippen LogP contribution in [0.3, 0.4) is 0 Å². The lowest BCUT2D eigenvalue weighted by molar-refractivity contribution is -0.126. The van der Waals surface area contributed by atoms with Crippen LogP contribution in [0, 0.1) is 17.8 Å². The molecule has 4 atom stereocenters. The third-order valence-corrected chi connectivity index (χ3v) is 6.43. The first-order chi connectivity index (χ1) is 17.1. The summed E-state index contributed by atoms with van der Waals surface area (Å²) in [5.41, 5.74) is 12.6. The van der Waals surface area contributed by atoms with Gasteiger partial charge in [0, 0.05) is 45.1 Å². The molecular weight excluding hydrogens is 498 g/mol. The molecule has 1 aromatic rings.